The number of benzene rings is 2. The average Bonchev–Trinajstić information content (AvgIpc) is 2.59. The Bertz CT molecular complexity index is 871. The molecule has 0 spiro atoms. The SMILES string of the molecule is O=C(CCc1ccc(F)c(F)c1)NNc1ccc(C(F)(F)F)cc1[N+](=O)[O-]. The molecule has 0 saturated carbocycles. The van der Waals surface area contributed by atoms with Crippen LogP contribution in [0.25, 0.3) is 0 Å². The van der Waals surface area contributed by atoms with Gasteiger partial charge in [-0.1, -0.05) is 6.07 Å². The predicted molar refractivity (Wildman–Crippen MR) is 84.5 cm³/mol. The second-order valence-electron chi connectivity index (χ2n) is 5.41. The van der Waals surface area contributed by atoms with Crippen LogP contribution in [0.1, 0.15) is 17.5 Å². The maximum absolute atomic E-state index is 13.1. The van der Waals surface area contributed by atoms with Gasteiger partial charge in [-0.25, -0.2) is 8.78 Å². The Hall–Kier alpha value is -3.24. The van der Waals surface area contributed by atoms with Gasteiger partial charge in [0.2, 0.25) is 5.91 Å². The molecule has 6 nitrogen and oxygen atoms in total. The van der Waals surface area contributed by atoms with Gasteiger partial charge in [-0.2, -0.15) is 13.2 Å². The van der Waals surface area contributed by atoms with Crippen molar-refractivity contribution in [2.24, 2.45) is 0 Å². The maximum Gasteiger partial charge on any atom is 0.416 e. The molecule has 0 fully saturated rings. The molecule has 0 aliphatic carbocycles. The number of hydrazine groups is 1. The molecule has 2 aromatic rings. The minimum Gasteiger partial charge on any atom is -0.292 e. The molecule has 0 unspecified atom stereocenters. The summed E-state index contributed by atoms with van der Waals surface area (Å²) in [4.78, 5) is 21.7. The average molecular weight is 389 g/mol. The first-order valence-electron chi connectivity index (χ1n) is 7.42. The van der Waals surface area contributed by atoms with Gasteiger partial charge in [0.1, 0.15) is 5.69 Å². The molecule has 2 N–H and O–H groups in total. The van der Waals surface area contributed by atoms with Gasteiger partial charge in [-0.15, -0.1) is 0 Å². The van der Waals surface area contributed by atoms with Gasteiger partial charge in [-0.05, 0) is 36.2 Å². The molecule has 27 heavy (non-hydrogen) atoms. The van der Waals surface area contributed by atoms with E-state index in [2.05, 4.69) is 10.9 Å². The molecule has 2 aromatic carbocycles. The van der Waals surface area contributed by atoms with Gasteiger partial charge in [-0.3, -0.25) is 25.8 Å². The lowest BCUT2D eigenvalue weighted by Gasteiger charge is -2.11. The van der Waals surface area contributed by atoms with Crippen LogP contribution >= 0.6 is 0 Å². The summed E-state index contributed by atoms with van der Waals surface area (Å²) in [6, 6.07) is 4.91. The fourth-order valence-corrected chi connectivity index (χ4v) is 2.12. The third-order valence-electron chi connectivity index (χ3n) is 3.48. The van der Waals surface area contributed by atoms with Crippen LogP contribution in [-0.2, 0) is 17.4 Å². The number of hydrogen-bond donors (Lipinski definition) is 2. The van der Waals surface area contributed by atoms with Crippen molar-refractivity contribution in [1.29, 1.82) is 0 Å². The highest BCUT2D eigenvalue weighted by atomic mass is 19.4. The Morgan fingerprint density at radius 3 is 2.37 bits per heavy atom. The smallest absolute Gasteiger partial charge is 0.292 e. The van der Waals surface area contributed by atoms with Crippen molar-refractivity contribution in [3.05, 3.63) is 69.3 Å². The largest absolute Gasteiger partial charge is 0.416 e. The van der Waals surface area contributed by atoms with Crippen LogP contribution in [-0.4, -0.2) is 10.8 Å². The monoisotopic (exact) mass is 389 g/mol. The molecule has 0 aliphatic rings. The first kappa shape index (κ1) is 20.1. The van der Waals surface area contributed by atoms with E-state index in [4.69, 9.17) is 0 Å². The van der Waals surface area contributed by atoms with E-state index in [-0.39, 0.29) is 18.5 Å². The van der Waals surface area contributed by atoms with Gasteiger partial charge in [0.05, 0.1) is 10.5 Å². The Labute approximate surface area is 149 Å². The van der Waals surface area contributed by atoms with Gasteiger partial charge in [0.25, 0.3) is 5.69 Å². The number of carbonyl (C=O) groups is 1. The number of anilines is 1. The van der Waals surface area contributed by atoms with E-state index in [1.54, 1.807) is 0 Å². The van der Waals surface area contributed by atoms with Crippen LogP contribution in [0.3, 0.4) is 0 Å². The van der Waals surface area contributed by atoms with Crippen LogP contribution in [0, 0.1) is 21.7 Å². The highest BCUT2D eigenvalue weighted by molar-refractivity contribution is 5.78. The molecule has 2 rings (SSSR count). The number of alkyl halides is 3. The molecule has 0 saturated heterocycles. The lowest BCUT2D eigenvalue weighted by atomic mass is 10.1. The molecule has 0 heterocycles. The molecular weight excluding hydrogens is 377 g/mol. The highest BCUT2D eigenvalue weighted by Gasteiger charge is 2.33. The van der Waals surface area contributed by atoms with Gasteiger partial charge in [0, 0.05) is 12.5 Å². The molecule has 0 radical (unpaired) electrons. The van der Waals surface area contributed by atoms with Crippen molar-refractivity contribution in [3.63, 3.8) is 0 Å². The maximum atomic E-state index is 13.1. The number of nitrogens with zero attached hydrogens (tertiary/aromatic N) is 1. The zero-order valence-electron chi connectivity index (χ0n) is 13.4. The van der Waals surface area contributed by atoms with Crippen molar-refractivity contribution < 1.29 is 31.7 Å². The fraction of sp³-hybridized carbons (Fsp3) is 0.188. The zero-order valence-corrected chi connectivity index (χ0v) is 13.4. The standard InChI is InChI=1S/C16H12F5N3O3/c17-11-4-1-9(7-12(11)18)2-6-15(25)23-22-13-5-3-10(16(19,20)21)8-14(13)24(26)27/h1,3-5,7-8,22H,2,6H2,(H,23,25). The molecule has 1 amide bonds. The number of carbonyl (C=O) groups excluding carboxylic acids is 1. The third-order valence-corrected chi connectivity index (χ3v) is 3.48. The fourth-order valence-electron chi connectivity index (χ4n) is 2.12. The topological polar surface area (TPSA) is 84.3 Å². The lowest BCUT2D eigenvalue weighted by molar-refractivity contribution is -0.384. The number of halogens is 5. The van der Waals surface area contributed by atoms with Crippen LogP contribution < -0.4 is 10.9 Å². The normalized spacial score (nSPS) is 11.1. The van der Waals surface area contributed by atoms with Crippen LogP contribution in [0.5, 0.6) is 0 Å². The first-order chi connectivity index (χ1) is 12.6. The zero-order chi connectivity index (χ0) is 20.2. The number of hydrogen-bond acceptors (Lipinski definition) is 4. The van der Waals surface area contributed by atoms with Crippen molar-refractivity contribution in [3.8, 4) is 0 Å². The quantitative estimate of drug-likeness (QED) is 0.445. The second kappa shape index (κ2) is 7.98. The van der Waals surface area contributed by atoms with Crippen molar-refractivity contribution in [1.82, 2.24) is 5.43 Å². The second-order valence-corrected chi connectivity index (χ2v) is 5.41. The number of nitro benzene ring substituents is 1. The number of nitrogens with one attached hydrogen (secondary N) is 2. The number of rotatable bonds is 6. The van der Waals surface area contributed by atoms with Crippen molar-refractivity contribution in [2.45, 2.75) is 19.0 Å². The summed E-state index contributed by atoms with van der Waals surface area (Å²) in [7, 11) is 0. The Morgan fingerprint density at radius 2 is 1.78 bits per heavy atom. The van der Waals surface area contributed by atoms with Crippen molar-refractivity contribution in [2.75, 3.05) is 5.43 Å². The third kappa shape index (κ3) is 5.36. The minimum atomic E-state index is -4.75. The summed E-state index contributed by atoms with van der Waals surface area (Å²) >= 11 is 0. The highest BCUT2D eigenvalue weighted by Crippen LogP contribution is 2.34. The summed E-state index contributed by atoms with van der Waals surface area (Å²) < 4.78 is 63.8. The van der Waals surface area contributed by atoms with E-state index < -0.39 is 39.9 Å². The van der Waals surface area contributed by atoms with E-state index in [9.17, 15) is 36.9 Å². The van der Waals surface area contributed by atoms with Crippen LogP contribution in [0.15, 0.2) is 36.4 Å². The van der Waals surface area contributed by atoms with E-state index in [1.807, 2.05) is 0 Å². The molecule has 0 aliphatic heterocycles. The summed E-state index contributed by atoms with van der Waals surface area (Å²) in [6.07, 6.45) is -4.87. The number of aryl methyl sites for hydroxylation is 1. The number of nitro groups is 1. The molecule has 0 aromatic heterocycles. The summed E-state index contributed by atoms with van der Waals surface area (Å²) in [5, 5.41) is 10.9. The van der Waals surface area contributed by atoms with E-state index in [0.29, 0.717) is 17.7 Å². The van der Waals surface area contributed by atoms with Gasteiger partial charge < -0.3 is 0 Å². The van der Waals surface area contributed by atoms with E-state index in [0.717, 1.165) is 18.2 Å². The summed E-state index contributed by atoms with van der Waals surface area (Å²) in [5.74, 6) is -2.75. The van der Waals surface area contributed by atoms with Crippen molar-refractivity contribution >= 4 is 17.3 Å². The first-order valence-corrected chi connectivity index (χ1v) is 7.42. The summed E-state index contributed by atoms with van der Waals surface area (Å²) in [6.45, 7) is 0. The van der Waals surface area contributed by atoms with Gasteiger partial charge in [0.15, 0.2) is 11.6 Å². The number of amides is 1. The van der Waals surface area contributed by atoms with Crippen LogP contribution in [0.2, 0.25) is 0 Å². The Morgan fingerprint density at radius 1 is 1.07 bits per heavy atom. The van der Waals surface area contributed by atoms with Crippen LogP contribution in [0.4, 0.5) is 33.3 Å². The molecule has 0 atom stereocenters. The van der Waals surface area contributed by atoms with Gasteiger partial charge >= 0.3 is 6.18 Å². The Balaban J connectivity index is 1.99. The molecular formula is C16H12F5N3O3. The lowest BCUT2D eigenvalue weighted by Crippen LogP contribution is -2.30. The van der Waals surface area contributed by atoms with E-state index >= 15 is 0 Å². The molecule has 144 valence electrons. The predicted octanol–water partition coefficient (Wildman–Crippen LogP) is 3.97. The van der Waals surface area contributed by atoms with E-state index in [1.165, 1.54) is 6.07 Å². The molecule has 0 bridgehead atoms. The summed E-state index contributed by atoms with van der Waals surface area (Å²) in [5.41, 5.74) is 2.23. The minimum absolute atomic E-state index is 0.0554. The molecule has 11 heteroatoms. The Kier molecular flexibility index (Phi) is 5.93.